The van der Waals surface area contributed by atoms with E-state index in [0.717, 1.165) is 5.92 Å². The standard InChI is InChI=1S/C18H25N3S/c1-20(2)21-10-12(11-22-3)7-15-14-5-4-6-16-18(14)13(9-19-16)8-17(15)21/h4-6,9,12,15,17,19H,7-8,10-11H2,1-3H3/t12-,15?,17-/m1/s1. The number of aromatic nitrogens is 1. The quantitative estimate of drug-likeness (QED) is 0.939. The molecule has 0 spiro atoms. The number of nitrogens with zero attached hydrogens (tertiary/aromatic N) is 2. The maximum Gasteiger partial charge on any atom is 0.0459 e. The van der Waals surface area contributed by atoms with Crippen molar-refractivity contribution in [1.82, 2.24) is 15.0 Å². The summed E-state index contributed by atoms with van der Waals surface area (Å²) >= 11 is 1.99. The van der Waals surface area contributed by atoms with E-state index in [1.54, 1.807) is 5.56 Å². The Balaban J connectivity index is 1.79. The van der Waals surface area contributed by atoms with Crippen LogP contribution in [0.15, 0.2) is 24.4 Å². The molecule has 0 bridgehead atoms. The molecule has 1 aromatic carbocycles. The third-order valence-corrected chi connectivity index (χ3v) is 6.25. The fourth-order valence-electron chi connectivity index (χ4n) is 4.58. The van der Waals surface area contributed by atoms with Crippen molar-refractivity contribution in [3.63, 3.8) is 0 Å². The molecule has 1 N–H and O–H groups in total. The summed E-state index contributed by atoms with van der Waals surface area (Å²) in [7, 11) is 4.40. The van der Waals surface area contributed by atoms with Crippen LogP contribution < -0.4 is 0 Å². The van der Waals surface area contributed by atoms with Crippen molar-refractivity contribution in [3.05, 3.63) is 35.5 Å². The van der Waals surface area contributed by atoms with Crippen molar-refractivity contribution in [1.29, 1.82) is 0 Å². The van der Waals surface area contributed by atoms with E-state index in [0.29, 0.717) is 12.0 Å². The van der Waals surface area contributed by atoms with E-state index in [1.807, 2.05) is 11.8 Å². The molecule has 1 aliphatic carbocycles. The van der Waals surface area contributed by atoms with E-state index < -0.39 is 0 Å². The summed E-state index contributed by atoms with van der Waals surface area (Å²) in [6, 6.07) is 7.42. The van der Waals surface area contributed by atoms with E-state index in [-0.39, 0.29) is 0 Å². The smallest absolute Gasteiger partial charge is 0.0459 e. The lowest BCUT2D eigenvalue weighted by Crippen LogP contribution is -2.55. The Morgan fingerprint density at radius 2 is 2.23 bits per heavy atom. The number of H-pyrrole nitrogens is 1. The van der Waals surface area contributed by atoms with Crippen molar-refractivity contribution in [2.75, 3.05) is 32.6 Å². The zero-order valence-corrected chi connectivity index (χ0v) is 14.5. The summed E-state index contributed by atoms with van der Waals surface area (Å²) in [4.78, 5) is 3.47. The van der Waals surface area contributed by atoms with Crippen LogP contribution in [0.3, 0.4) is 0 Å². The Labute approximate surface area is 137 Å². The molecule has 0 saturated carbocycles. The largest absolute Gasteiger partial charge is 0.361 e. The van der Waals surface area contributed by atoms with Crippen LogP contribution in [-0.4, -0.2) is 53.7 Å². The van der Waals surface area contributed by atoms with Crippen LogP contribution in [0.2, 0.25) is 0 Å². The number of piperidine rings is 1. The molecule has 1 saturated heterocycles. The zero-order valence-electron chi connectivity index (χ0n) is 13.7. The molecule has 2 aliphatic rings. The van der Waals surface area contributed by atoms with E-state index in [4.69, 9.17) is 0 Å². The molecule has 0 radical (unpaired) electrons. The fraction of sp³-hybridized carbons (Fsp3) is 0.556. The van der Waals surface area contributed by atoms with Gasteiger partial charge in [-0.1, -0.05) is 12.1 Å². The van der Waals surface area contributed by atoms with Crippen LogP contribution in [-0.2, 0) is 6.42 Å². The molecule has 118 valence electrons. The highest BCUT2D eigenvalue weighted by atomic mass is 32.2. The maximum absolute atomic E-state index is 3.47. The fourth-order valence-corrected chi connectivity index (χ4v) is 5.29. The van der Waals surface area contributed by atoms with Gasteiger partial charge in [-0.15, -0.1) is 0 Å². The number of fused-ring (bicyclic) bond motifs is 2. The minimum Gasteiger partial charge on any atom is -0.361 e. The topological polar surface area (TPSA) is 22.3 Å². The van der Waals surface area contributed by atoms with E-state index in [1.165, 1.54) is 41.6 Å². The van der Waals surface area contributed by atoms with Crippen molar-refractivity contribution in [2.45, 2.75) is 24.8 Å². The minimum atomic E-state index is 0.613. The van der Waals surface area contributed by atoms with Crippen LogP contribution in [0.5, 0.6) is 0 Å². The number of nitrogens with one attached hydrogen (secondary N) is 1. The molecule has 4 rings (SSSR count). The van der Waals surface area contributed by atoms with Gasteiger partial charge in [0.05, 0.1) is 0 Å². The second-order valence-corrected chi connectivity index (χ2v) is 7.90. The normalized spacial score (nSPS) is 28.3. The molecule has 22 heavy (non-hydrogen) atoms. The summed E-state index contributed by atoms with van der Waals surface area (Å²) < 4.78 is 0. The third kappa shape index (κ3) is 2.20. The Kier molecular flexibility index (Phi) is 3.71. The molecular weight excluding hydrogens is 290 g/mol. The summed E-state index contributed by atoms with van der Waals surface area (Å²) in [5.41, 5.74) is 4.39. The number of aromatic amines is 1. The highest BCUT2D eigenvalue weighted by molar-refractivity contribution is 7.98. The van der Waals surface area contributed by atoms with Crippen LogP contribution in [0.4, 0.5) is 0 Å². The first kappa shape index (κ1) is 14.6. The first-order valence-electron chi connectivity index (χ1n) is 8.20. The number of hydrazine groups is 1. The Morgan fingerprint density at radius 3 is 3.00 bits per heavy atom. The highest BCUT2D eigenvalue weighted by Crippen LogP contribution is 2.45. The zero-order chi connectivity index (χ0) is 15.3. The molecule has 4 heteroatoms. The Morgan fingerprint density at radius 1 is 1.36 bits per heavy atom. The number of hydrogen-bond acceptors (Lipinski definition) is 3. The van der Waals surface area contributed by atoms with E-state index in [9.17, 15) is 0 Å². The van der Waals surface area contributed by atoms with Gasteiger partial charge in [0.15, 0.2) is 0 Å². The monoisotopic (exact) mass is 315 g/mol. The van der Waals surface area contributed by atoms with Gasteiger partial charge in [-0.05, 0) is 48.0 Å². The van der Waals surface area contributed by atoms with Crippen LogP contribution in [0.1, 0.15) is 23.5 Å². The van der Waals surface area contributed by atoms with Gasteiger partial charge in [0.25, 0.3) is 0 Å². The van der Waals surface area contributed by atoms with Gasteiger partial charge < -0.3 is 4.98 Å². The van der Waals surface area contributed by atoms with E-state index >= 15 is 0 Å². The van der Waals surface area contributed by atoms with Crippen LogP contribution in [0, 0.1) is 5.92 Å². The molecule has 1 fully saturated rings. The van der Waals surface area contributed by atoms with Gasteiger partial charge >= 0.3 is 0 Å². The number of thioether (sulfide) groups is 1. The molecule has 2 aromatic rings. The summed E-state index contributed by atoms with van der Waals surface area (Å²) in [5, 5.41) is 6.44. The molecule has 3 atom stereocenters. The molecule has 1 aliphatic heterocycles. The van der Waals surface area contributed by atoms with Gasteiger partial charge in [-0.3, -0.25) is 0 Å². The lowest BCUT2D eigenvalue weighted by atomic mass is 9.73. The second-order valence-electron chi connectivity index (χ2n) is 6.99. The van der Waals surface area contributed by atoms with Crippen LogP contribution in [0.25, 0.3) is 10.9 Å². The predicted octanol–water partition coefficient (Wildman–Crippen LogP) is 3.34. The van der Waals surface area contributed by atoms with Crippen molar-refractivity contribution >= 4 is 22.7 Å². The van der Waals surface area contributed by atoms with Gasteiger partial charge in [0, 0.05) is 49.7 Å². The summed E-state index contributed by atoms with van der Waals surface area (Å²) in [6.07, 6.45) is 6.97. The summed E-state index contributed by atoms with van der Waals surface area (Å²) in [5.74, 6) is 2.72. The van der Waals surface area contributed by atoms with Gasteiger partial charge in [-0.25, -0.2) is 10.0 Å². The third-order valence-electron chi connectivity index (χ3n) is 5.44. The average molecular weight is 315 g/mol. The molecule has 2 heterocycles. The number of hydrogen-bond donors (Lipinski definition) is 1. The summed E-state index contributed by atoms with van der Waals surface area (Å²) in [6.45, 7) is 1.20. The lowest BCUT2D eigenvalue weighted by molar-refractivity contribution is -0.0651. The first-order valence-corrected chi connectivity index (χ1v) is 9.60. The van der Waals surface area contributed by atoms with Crippen molar-refractivity contribution in [3.8, 4) is 0 Å². The molecule has 1 aromatic heterocycles. The first-order chi connectivity index (χ1) is 10.7. The minimum absolute atomic E-state index is 0.613. The highest BCUT2D eigenvalue weighted by Gasteiger charge is 2.41. The van der Waals surface area contributed by atoms with Crippen LogP contribution >= 0.6 is 11.8 Å². The van der Waals surface area contributed by atoms with Gasteiger partial charge in [0.1, 0.15) is 0 Å². The molecular formula is C18H25N3S. The lowest BCUT2D eigenvalue weighted by Gasteiger charge is -2.49. The predicted molar refractivity (Wildman–Crippen MR) is 95.4 cm³/mol. The molecule has 0 amide bonds. The molecule has 1 unspecified atom stereocenters. The molecule has 3 nitrogen and oxygen atoms in total. The number of benzene rings is 1. The SMILES string of the molecule is CSC[C@@H]1CC2c3cccc4[nH]cc(c34)C[C@H]2N(N(C)C)C1. The van der Waals surface area contributed by atoms with Gasteiger partial charge in [0.2, 0.25) is 0 Å². The average Bonchev–Trinajstić information content (AvgIpc) is 2.92. The Bertz CT molecular complexity index is 678. The number of rotatable bonds is 3. The van der Waals surface area contributed by atoms with E-state index in [2.05, 4.69) is 59.7 Å². The Hall–Kier alpha value is -0.970. The van der Waals surface area contributed by atoms with Crippen molar-refractivity contribution in [2.24, 2.45) is 5.92 Å². The van der Waals surface area contributed by atoms with Gasteiger partial charge in [-0.2, -0.15) is 11.8 Å². The maximum atomic E-state index is 3.47. The second kappa shape index (κ2) is 5.59. The van der Waals surface area contributed by atoms with Crippen molar-refractivity contribution < 1.29 is 0 Å².